The van der Waals surface area contributed by atoms with Crippen LogP contribution in [0.25, 0.3) is 0 Å². The van der Waals surface area contributed by atoms with Gasteiger partial charge in [-0.05, 0) is 18.3 Å². The summed E-state index contributed by atoms with van der Waals surface area (Å²) >= 11 is 0. The summed E-state index contributed by atoms with van der Waals surface area (Å²) in [6, 6.07) is 0. The molecule has 0 saturated carbocycles. The fourth-order valence-electron chi connectivity index (χ4n) is 1.19. The van der Waals surface area contributed by atoms with Crippen LogP contribution in [0.15, 0.2) is 12.2 Å². The molecule has 0 aromatic rings. The highest BCUT2D eigenvalue weighted by Crippen LogP contribution is 2.24. The first-order valence-electron chi connectivity index (χ1n) is 4.12. The largest absolute Gasteiger partial charge is 0.0998 e. The molecule has 0 aliphatic rings. The number of rotatable bonds is 3. The molecule has 0 bridgehead atoms. The van der Waals surface area contributed by atoms with Crippen molar-refractivity contribution >= 4 is 0 Å². The minimum absolute atomic E-state index is 0.423. The molecule has 0 heteroatoms. The van der Waals surface area contributed by atoms with Gasteiger partial charge in [0.2, 0.25) is 0 Å². The molecule has 60 valence electrons. The van der Waals surface area contributed by atoms with Crippen LogP contribution in [-0.4, -0.2) is 0 Å². The van der Waals surface area contributed by atoms with Gasteiger partial charge in [0.25, 0.3) is 0 Å². The zero-order valence-electron chi connectivity index (χ0n) is 7.83. The van der Waals surface area contributed by atoms with Gasteiger partial charge in [-0.25, -0.2) is 0 Å². The van der Waals surface area contributed by atoms with Gasteiger partial charge in [-0.3, -0.25) is 0 Å². The molecule has 0 saturated heterocycles. The Morgan fingerprint density at radius 3 is 2.10 bits per heavy atom. The lowest BCUT2D eigenvalue weighted by molar-refractivity contribution is 0.404. The summed E-state index contributed by atoms with van der Waals surface area (Å²) in [5.41, 5.74) is 1.82. The highest BCUT2D eigenvalue weighted by Gasteiger charge is 2.10. The minimum atomic E-state index is 0.423. The highest BCUT2D eigenvalue weighted by molar-refractivity contribution is 4.96. The van der Waals surface area contributed by atoms with E-state index in [1.54, 1.807) is 0 Å². The predicted molar refractivity (Wildman–Crippen MR) is 48.1 cm³/mol. The molecule has 0 atom stereocenters. The van der Waals surface area contributed by atoms with Crippen molar-refractivity contribution in [3.05, 3.63) is 12.2 Å². The van der Waals surface area contributed by atoms with Crippen molar-refractivity contribution < 1.29 is 0 Å². The van der Waals surface area contributed by atoms with Crippen molar-refractivity contribution in [2.24, 2.45) is 5.41 Å². The van der Waals surface area contributed by atoms with E-state index in [9.17, 15) is 0 Å². The van der Waals surface area contributed by atoms with Crippen LogP contribution in [0.4, 0.5) is 0 Å². The van der Waals surface area contributed by atoms with Gasteiger partial charge in [-0.1, -0.05) is 46.3 Å². The number of hydrogen-bond donors (Lipinski definition) is 0. The van der Waals surface area contributed by atoms with Gasteiger partial charge < -0.3 is 0 Å². The third kappa shape index (κ3) is 5.87. The van der Waals surface area contributed by atoms with E-state index in [1.807, 2.05) is 0 Å². The van der Waals surface area contributed by atoms with Crippen molar-refractivity contribution in [1.82, 2.24) is 0 Å². The fraction of sp³-hybridized carbons (Fsp3) is 0.800. The summed E-state index contributed by atoms with van der Waals surface area (Å²) in [4.78, 5) is 0. The SMILES string of the molecule is C=C(CCC)CC(C)(C)C. The van der Waals surface area contributed by atoms with Crippen LogP contribution < -0.4 is 0 Å². The van der Waals surface area contributed by atoms with Crippen LogP contribution in [-0.2, 0) is 0 Å². The second-order valence-electron chi connectivity index (χ2n) is 4.24. The predicted octanol–water partition coefficient (Wildman–Crippen LogP) is 3.78. The summed E-state index contributed by atoms with van der Waals surface area (Å²) in [6.45, 7) is 13.0. The van der Waals surface area contributed by atoms with Gasteiger partial charge in [-0.2, -0.15) is 0 Å². The quantitative estimate of drug-likeness (QED) is 0.523. The van der Waals surface area contributed by atoms with Gasteiger partial charge in [0.05, 0.1) is 0 Å². The molecule has 0 radical (unpaired) electrons. The Morgan fingerprint density at radius 2 is 1.80 bits per heavy atom. The van der Waals surface area contributed by atoms with Crippen molar-refractivity contribution in [2.75, 3.05) is 0 Å². The molecule has 0 fully saturated rings. The third-order valence-electron chi connectivity index (χ3n) is 1.38. The normalized spacial score (nSPS) is 11.6. The third-order valence-corrected chi connectivity index (χ3v) is 1.38. The molecule has 10 heavy (non-hydrogen) atoms. The molecule has 0 rings (SSSR count). The molecule has 0 heterocycles. The lowest BCUT2D eigenvalue weighted by Gasteiger charge is -2.19. The fourth-order valence-corrected chi connectivity index (χ4v) is 1.19. The maximum Gasteiger partial charge on any atom is -0.0274 e. The standard InChI is InChI=1S/C10H20/c1-6-7-9(2)8-10(3,4)5/h2,6-8H2,1,3-5H3. The van der Waals surface area contributed by atoms with Crippen LogP contribution in [0.3, 0.4) is 0 Å². The first-order chi connectivity index (χ1) is 4.45. The topological polar surface area (TPSA) is 0 Å². The average molecular weight is 140 g/mol. The Labute approximate surface area is 65.3 Å². The zero-order valence-corrected chi connectivity index (χ0v) is 7.83. The van der Waals surface area contributed by atoms with Gasteiger partial charge in [-0.15, -0.1) is 0 Å². The zero-order chi connectivity index (χ0) is 8.20. The van der Waals surface area contributed by atoms with Gasteiger partial charge in [0.15, 0.2) is 0 Å². The van der Waals surface area contributed by atoms with E-state index in [0.717, 1.165) is 0 Å². The molecule has 0 N–H and O–H groups in total. The molecule has 0 unspecified atom stereocenters. The van der Waals surface area contributed by atoms with Crippen LogP contribution >= 0.6 is 0 Å². The van der Waals surface area contributed by atoms with Gasteiger partial charge in [0, 0.05) is 0 Å². The highest BCUT2D eigenvalue weighted by atomic mass is 14.2. The first kappa shape index (κ1) is 9.74. The van der Waals surface area contributed by atoms with Crippen LogP contribution in [0.5, 0.6) is 0 Å². The lowest BCUT2D eigenvalue weighted by atomic mass is 9.87. The molecule has 0 aliphatic carbocycles. The van der Waals surface area contributed by atoms with Gasteiger partial charge >= 0.3 is 0 Å². The molecular formula is C10H20. The number of hydrogen-bond acceptors (Lipinski definition) is 0. The maximum absolute atomic E-state index is 4.03. The molecule has 0 aliphatic heterocycles. The number of allylic oxidation sites excluding steroid dienone is 1. The summed E-state index contributed by atoms with van der Waals surface area (Å²) in [5.74, 6) is 0. The van der Waals surface area contributed by atoms with E-state index in [-0.39, 0.29) is 0 Å². The van der Waals surface area contributed by atoms with Crippen molar-refractivity contribution in [1.29, 1.82) is 0 Å². The smallest absolute Gasteiger partial charge is 0.0274 e. The van der Waals surface area contributed by atoms with E-state index >= 15 is 0 Å². The Balaban J connectivity index is 3.58. The summed E-state index contributed by atoms with van der Waals surface area (Å²) in [7, 11) is 0. The van der Waals surface area contributed by atoms with Gasteiger partial charge in [0.1, 0.15) is 0 Å². The second-order valence-corrected chi connectivity index (χ2v) is 4.24. The summed E-state index contributed by atoms with van der Waals surface area (Å²) in [5, 5.41) is 0. The molecule has 0 spiro atoms. The molecular weight excluding hydrogens is 120 g/mol. The monoisotopic (exact) mass is 140 g/mol. The molecule has 0 nitrogen and oxygen atoms in total. The first-order valence-corrected chi connectivity index (χ1v) is 4.12. The molecule has 0 aromatic heterocycles. The molecule has 0 aromatic carbocycles. The molecule has 0 amide bonds. The van der Waals surface area contributed by atoms with E-state index in [4.69, 9.17) is 0 Å². The maximum atomic E-state index is 4.03. The van der Waals surface area contributed by atoms with Crippen LogP contribution in [0.2, 0.25) is 0 Å². The average Bonchev–Trinajstić information content (AvgIpc) is 1.59. The Kier molecular flexibility index (Phi) is 3.70. The van der Waals surface area contributed by atoms with Crippen molar-refractivity contribution in [3.63, 3.8) is 0 Å². The van der Waals surface area contributed by atoms with E-state index in [1.165, 1.54) is 24.8 Å². The summed E-state index contributed by atoms with van der Waals surface area (Å²) in [6.07, 6.45) is 3.59. The summed E-state index contributed by atoms with van der Waals surface area (Å²) < 4.78 is 0. The van der Waals surface area contributed by atoms with Crippen LogP contribution in [0.1, 0.15) is 47.0 Å². The van der Waals surface area contributed by atoms with E-state index < -0.39 is 0 Å². The van der Waals surface area contributed by atoms with Crippen molar-refractivity contribution in [3.8, 4) is 0 Å². The van der Waals surface area contributed by atoms with E-state index in [0.29, 0.717) is 5.41 Å². The van der Waals surface area contributed by atoms with Crippen LogP contribution in [0, 0.1) is 5.41 Å². The lowest BCUT2D eigenvalue weighted by Crippen LogP contribution is -2.05. The Hall–Kier alpha value is -0.260. The Morgan fingerprint density at radius 1 is 1.30 bits per heavy atom. The van der Waals surface area contributed by atoms with Crippen molar-refractivity contribution in [2.45, 2.75) is 47.0 Å². The van der Waals surface area contributed by atoms with E-state index in [2.05, 4.69) is 34.3 Å². The minimum Gasteiger partial charge on any atom is -0.0998 e. The second kappa shape index (κ2) is 3.80. The Bertz CT molecular complexity index is 104.